The van der Waals surface area contributed by atoms with E-state index in [0.29, 0.717) is 0 Å². The van der Waals surface area contributed by atoms with Gasteiger partial charge in [-0.25, -0.2) is 0 Å². The van der Waals surface area contributed by atoms with Crippen LogP contribution < -0.4 is 91.2 Å². The van der Waals surface area contributed by atoms with Crippen molar-refractivity contribution in [2.45, 2.75) is 40.0 Å². The Hall–Kier alpha value is 1.58. The molecule has 0 aliphatic carbocycles. The molecule has 0 saturated carbocycles. The fourth-order valence-corrected chi connectivity index (χ4v) is 2.01. The summed E-state index contributed by atoms with van der Waals surface area (Å²) < 4.78 is 0. The molecule has 0 radical (unpaired) electrons. The number of carbonyl (C=O) groups is 2. The molecule has 2 atom stereocenters. The molecule has 17 heavy (non-hydrogen) atoms. The van der Waals surface area contributed by atoms with Gasteiger partial charge in [0, 0.05) is 5.92 Å². The third-order valence-corrected chi connectivity index (χ3v) is 2.96. The van der Waals surface area contributed by atoms with Crippen LogP contribution in [0.2, 0.25) is 0 Å². The molecule has 4 nitrogen and oxygen atoms in total. The Morgan fingerprint density at radius 1 is 1.12 bits per heavy atom. The van der Waals surface area contributed by atoms with Crippen LogP contribution in [0.4, 0.5) is 0 Å². The number of carbonyl (C=O) groups excluding carboxylic acids is 2. The van der Waals surface area contributed by atoms with Crippen molar-refractivity contribution in [1.82, 2.24) is 0 Å². The molecule has 0 amide bonds. The van der Waals surface area contributed by atoms with Crippen molar-refractivity contribution in [3.05, 3.63) is 0 Å². The molecule has 0 N–H and O–H groups in total. The molecule has 6 heteroatoms. The average Bonchev–Trinajstić information content (AvgIpc) is 2.12. The van der Waals surface area contributed by atoms with E-state index in [1.165, 1.54) is 0 Å². The van der Waals surface area contributed by atoms with E-state index in [4.69, 9.17) is 0 Å². The van der Waals surface area contributed by atoms with Crippen LogP contribution in [0.15, 0.2) is 0 Å². The van der Waals surface area contributed by atoms with Gasteiger partial charge in [0.15, 0.2) is 0 Å². The van der Waals surface area contributed by atoms with Gasteiger partial charge in [-0.15, -0.1) is 0 Å². The van der Waals surface area contributed by atoms with Crippen LogP contribution in [0.1, 0.15) is 40.0 Å². The van der Waals surface area contributed by atoms with E-state index in [1.807, 2.05) is 13.8 Å². The molecule has 0 aliphatic heterocycles. The third-order valence-electron chi connectivity index (χ3n) is 2.96. The van der Waals surface area contributed by atoms with Gasteiger partial charge in [-0.05, 0) is 11.8 Å². The molecular formula is C11H18KNaO4. The summed E-state index contributed by atoms with van der Waals surface area (Å²) in [6, 6.07) is 0. The van der Waals surface area contributed by atoms with Gasteiger partial charge in [-0.1, -0.05) is 40.0 Å². The number of aliphatic carboxylic acids is 2. The van der Waals surface area contributed by atoms with Crippen molar-refractivity contribution in [3.8, 4) is 0 Å². The maximum atomic E-state index is 10.7. The van der Waals surface area contributed by atoms with E-state index in [-0.39, 0.29) is 86.9 Å². The molecule has 0 fully saturated rings. The van der Waals surface area contributed by atoms with Gasteiger partial charge in [0.1, 0.15) is 0 Å². The Labute approximate surface area is 168 Å². The molecule has 0 aromatic carbocycles. The molecule has 0 aromatic heterocycles. The second-order valence-corrected chi connectivity index (χ2v) is 3.93. The van der Waals surface area contributed by atoms with Crippen molar-refractivity contribution in [2.75, 3.05) is 0 Å². The van der Waals surface area contributed by atoms with Gasteiger partial charge in [-0.3, -0.25) is 0 Å². The number of carboxylic acid groups (broad SMARTS) is 2. The Balaban J connectivity index is -0.000000980. The minimum absolute atomic E-state index is 0. The first-order valence-electron chi connectivity index (χ1n) is 5.37. The third kappa shape index (κ3) is 8.37. The molecule has 0 aliphatic rings. The SMILES string of the molecule is CCCC(CC)C(C)C(C(=O)[O-])C(=O)[O-].[K+].[Na+]. The predicted octanol–water partition coefficient (Wildman–Crippen LogP) is -6.43. The first kappa shape index (κ1) is 23.7. The van der Waals surface area contributed by atoms with E-state index in [2.05, 4.69) is 0 Å². The molecule has 0 spiro atoms. The molecule has 0 heterocycles. The molecule has 0 aromatic rings. The summed E-state index contributed by atoms with van der Waals surface area (Å²) in [5.41, 5.74) is 0. The van der Waals surface area contributed by atoms with E-state index in [1.54, 1.807) is 6.92 Å². The second-order valence-electron chi connectivity index (χ2n) is 3.93. The molecule has 2 unspecified atom stereocenters. The van der Waals surface area contributed by atoms with Crippen LogP contribution in [0, 0.1) is 17.8 Å². The summed E-state index contributed by atoms with van der Waals surface area (Å²) in [6.07, 6.45) is 2.51. The van der Waals surface area contributed by atoms with Crippen molar-refractivity contribution < 1.29 is 101 Å². The Bertz CT molecular complexity index is 222. The molecule has 0 saturated heterocycles. The summed E-state index contributed by atoms with van der Waals surface area (Å²) in [7, 11) is 0. The number of hydrogen-bond acceptors (Lipinski definition) is 4. The van der Waals surface area contributed by atoms with Crippen LogP contribution in [0.3, 0.4) is 0 Å². The topological polar surface area (TPSA) is 80.3 Å². The largest absolute Gasteiger partial charge is 1.00 e. The molecular weight excluding hydrogens is 258 g/mol. The zero-order valence-electron chi connectivity index (χ0n) is 11.5. The van der Waals surface area contributed by atoms with E-state index in [9.17, 15) is 19.8 Å². The smallest absolute Gasteiger partial charge is 0.549 e. The maximum absolute atomic E-state index is 10.7. The second kappa shape index (κ2) is 12.6. The summed E-state index contributed by atoms with van der Waals surface area (Å²) in [5, 5.41) is 21.4. The molecule has 0 bridgehead atoms. The normalized spacial score (nSPS) is 13.2. The number of hydrogen-bond donors (Lipinski definition) is 0. The van der Waals surface area contributed by atoms with Gasteiger partial charge >= 0.3 is 80.9 Å². The van der Waals surface area contributed by atoms with Gasteiger partial charge in [0.05, 0.1) is 11.9 Å². The van der Waals surface area contributed by atoms with E-state index < -0.39 is 23.8 Å². The van der Waals surface area contributed by atoms with Crippen molar-refractivity contribution in [1.29, 1.82) is 0 Å². The number of carboxylic acids is 2. The minimum atomic E-state index is -1.54. The summed E-state index contributed by atoms with van der Waals surface area (Å²) in [4.78, 5) is 21.4. The maximum Gasteiger partial charge on any atom is 1.00 e. The van der Waals surface area contributed by atoms with Crippen LogP contribution in [-0.2, 0) is 9.59 Å². The Morgan fingerprint density at radius 2 is 1.53 bits per heavy atom. The van der Waals surface area contributed by atoms with Crippen LogP contribution in [-0.4, -0.2) is 11.9 Å². The molecule has 88 valence electrons. The molecule has 0 rings (SSSR count). The monoisotopic (exact) mass is 276 g/mol. The average molecular weight is 276 g/mol. The Kier molecular flexibility index (Phi) is 17.5. The van der Waals surface area contributed by atoms with Crippen molar-refractivity contribution in [2.24, 2.45) is 17.8 Å². The zero-order chi connectivity index (χ0) is 12.0. The summed E-state index contributed by atoms with van der Waals surface area (Å²) in [6.45, 7) is 5.56. The zero-order valence-corrected chi connectivity index (χ0v) is 16.6. The fraction of sp³-hybridized carbons (Fsp3) is 0.818. The van der Waals surface area contributed by atoms with Gasteiger partial charge in [0.25, 0.3) is 0 Å². The summed E-state index contributed by atoms with van der Waals surface area (Å²) in [5.74, 6) is -4.93. The fourth-order valence-electron chi connectivity index (χ4n) is 2.01. The predicted molar refractivity (Wildman–Crippen MR) is 51.4 cm³/mol. The van der Waals surface area contributed by atoms with Crippen molar-refractivity contribution in [3.63, 3.8) is 0 Å². The van der Waals surface area contributed by atoms with Gasteiger partial charge in [0.2, 0.25) is 0 Å². The quantitative estimate of drug-likeness (QED) is 0.342. The van der Waals surface area contributed by atoms with Gasteiger partial charge in [-0.2, -0.15) is 0 Å². The van der Waals surface area contributed by atoms with E-state index >= 15 is 0 Å². The summed E-state index contributed by atoms with van der Waals surface area (Å²) >= 11 is 0. The van der Waals surface area contributed by atoms with E-state index in [0.717, 1.165) is 19.3 Å². The van der Waals surface area contributed by atoms with Crippen LogP contribution in [0.25, 0.3) is 0 Å². The van der Waals surface area contributed by atoms with Crippen molar-refractivity contribution >= 4 is 11.9 Å². The Morgan fingerprint density at radius 3 is 1.76 bits per heavy atom. The number of rotatable bonds is 7. The first-order chi connectivity index (χ1) is 6.95. The standard InChI is InChI=1S/C11H20O4.K.Na/c1-4-6-8(5-2)7(3)9(10(12)13)11(14)15;;/h7-9H,4-6H2,1-3H3,(H,12,13)(H,14,15);;/q;2*+1/p-2. The van der Waals surface area contributed by atoms with Crippen LogP contribution >= 0.6 is 0 Å². The first-order valence-corrected chi connectivity index (χ1v) is 5.37. The minimum Gasteiger partial charge on any atom is -0.549 e. The van der Waals surface area contributed by atoms with Gasteiger partial charge < -0.3 is 19.8 Å². The van der Waals surface area contributed by atoms with Crippen LogP contribution in [0.5, 0.6) is 0 Å².